The molecule has 1 N–H and O–H groups in total. The van der Waals surface area contributed by atoms with Crippen LogP contribution in [0.3, 0.4) is 0 Å². The Morgan fingerprint density at radius 3 is 2.27 bits per heavy atom. The number of aromatic nitrogens is 2. The molecular formula is C23H39IN8O. The van der Waals surface area contributed by atoms with E-state index >= 15 is 0 Å². The Morgan fingerprint density at radius 2 is 1.64 bits per heavy atom. The molecule has 0 radical (unpaired) electrons. The number of carbonyl (C=O) groups is 1. The molecule has 0 spiro atoms. The van der Waals surface area contributed by atoms with Crippen LogP contribution < -0.4 is 10.2 Å². The maximum absolute atomic E-state index is 12.6. The van der Waals surface area contributed by atoms with Crippen molar-refractivity contribution in [2.75, 3.05) is 76.9 Å². The van der Waals surface area contributed by atoms with Crippen LogP contribution in [0.25, 0.3) is 0 Å². The van der Waals surface area contributed by atoms with Crippen molar-refractivity contribution in [3.05, 3.63) is 18.5 Å². The maximum Gasteiger partial charge on any atom is 0.225 e. The lowest BCUT2D eigenvalue weighted by atomic mass is 10.1. The molecule has 1 aromatic rings. The zero-order valence-corrected chi connectivity index (χ0v) is 22.2. The molecule has 1 aromatic heterocycles. The number of nitrogens with zero attached hydrogens (tertiary/aromatic N) is 7. The lowest BCUT2D eigenvalue weighted by Gasteiger charge is -2.37. The molecule has 0 atom stereocenters. The molecule has 0 bridgehead atoms. The van der Waals surface area contributed by atoms with Gasteiger partial charge in [0.1, 0.15) is 0 Å². The van der Waals surface area contributed by atoms with Gasteiger partial charge >= 0.3 is 0 Å². The Kier molecular flexibility index (Phi) is 10.4. The number of anilines is 1. The summed E-state index contributed by atoms with van der Waals surface area (Å²) in [4.78, 5) is 35.4. The van der Waals surface area contributed by atoms with Crippen LogP contribution in [0.15, 0.2) is 23.5 Å². The number of aliphatic imine (C=N–C) groups is 1. The first-order valence-corrected chi connectivity index (χ1v) is 12.3. The van der Waals surface area contributed by atoms with E-state index in [0.717, 1.165) is 96.7 Å². The standard InChI is InChI=1S/C23H38N8O.HI/c1-2-24-22(30-16-18-31(19-17-30)23-25-8-5-9-26-23)27-10-11-28-12-14-29(15-13-28)21(32)20-6-3-4-7-20;/h5,8-9,20H,2-4,6-7,10-19H2,1H3,(H,24,27);1H. The van der Waals surface area contributed by atoms with E-state index in [2.05, 4.69) is 41.8 Å². The summed E-state index contributed by atoms with van der Waals surface area (Å²) in [6, 6.07) is 1.85. The van der Waals surface area contributed by atoms with E-state index in [9.17, 15) is 4.79 Å². The number of halogens is 1. The molecule has 1 saturated carbocycles. The molecule has 4 rings (SSSR count). The first kappa shape index (κ1) is 25.9. The van der Waals surface area contributed by atoms with Crippen LogP contribution in [0.5, 0.6) is 0 Å². The monoisotopic (exact) mass is 570 g/mol. The average Bonchev–Trinajstić information content (AvgIpc) is 3.39. The summed E-state index contributed by atoms with van der Waals surface area (Å²) in [6.45, 7) is 12.0. The number of piperazine rings is 2. The van der Waals surface area contributed by atoms with E-state index in [-0.39, 0.29) is 24.0 Å². The van der Waals surface area contributed by atoms with Crippen molar-refractivity contribution < 1.29 is 4.79 Å². The minimum atomic E-state index is 0. The van der Waals surface area contributed by atoms with Gasteiger partial charge < -0.3 is 20.0 Å². The molecule has 9 nitrogen and oxygen atoms in total. The van der Waals surface area contributed by atoms with Gasteiger partial charge in [-0.15, -0.1) is 24.0 Å². The van der Waals surface area contributed by atoms with E-state index in [1.165, 1.54) is 12.8 Å². The highest BCUT2D eigenvalue weighted by atomic mass is 127. The number of rotatable bonds is 6. The Labute approximate surface area is 215 Å². The molecule has 3 aliphatic rings. The fourth-order valence-corrected chi connectivity index (χ4v) is 4.92. The zero-order valence-electron chi connectivity index (χ0n) is 19.9. The van der Waals surface area contributed by atoms with Gasteiger partial charge in [-0.05, 0) is 25.8 Å². The highest BCUT2D eigenvalue weighted by molar-refractivity contribution is 14.0. The molecule has 2 aliphatic heterocycles. The lowest BCUT2D eigenvalue weighted by Crippen LogP contribution is -2.53. The molecule has 1 amide bonds. The van der Waals surface area contributed by atoms with Crippen molar-refractivity contribution in [2.24, 2.45) is 10.9 Å². The smallest absolute Gasteiger partial charge is 0.225 e. The van der Waals surface area contributed by atoms with Gasteiger partial charge in [0, 0.05) is 83.8 Å². The second-order valence-corrected chi connectivity index (χ2v) is 8.91. The normalized spacial score (nSPS) is 20.6. The molecule has 0 aromatic carbocycles. The molecule has 0 unspecified atom stereocenters. The molecule has 10 heteroatoms. The summed E-state index contributed by atoms with van der Waals surface area (Å²) in [5.41, 5.74) is 0. The molecule has 33 heavy (non-hydrogen) atoms. The predicted octanol–water partition coefficient (Wildman–Crippen LogP) is 1.52. The highest BCUT2D eigenvalue weighted by Gasteiger charge is 2.29. The molecule has 1 aliphatic carbocycles. The van der Waals surface area contributed by atoms with Gasteiger partial charge in [-0.1, -0.05) is 12.8 Å². The van der Waals surface area contributed by atoms with Crippen molar-refractivity contribution in [3.8, 4) is 0 Å². The van der Waals surface area contributed by atoms with Crippen molar-refractivity contribution in [1.29, 1.82) is 0 Å². The summed E-state index contributed by atoms with van der Waals surface area (Å²) >= 11 is 0. The first-order chi connectivity index (χ1) is 15.7. The van der Waals surface area contributed by atoms with E-state index < -0.39 is 0 Å². The topological polar surface area (TPSA) is 80.2 Å². The van der Waals surface area contributed by atoms with Crippen LogP contribution in [0.1, 0.15) is 32.6 Å². The van der Waals surface area contributed by atoms with Crippen LogP contribution in [0.2, 0.25) is 0 Å². The molecule has 3 heterocycles. The van der Waals surface area contributed by atoms with Crippen molar-refractivity contribution >= 4 is 41.8 Å². The third kappa shape index (κ3) is 7.14. The largest absolute Gasteiger partial charge is 0.357 e. The first-order valence-electron chi connectivity index (χ1n) is 12.3. The van der Waals surface area contributed by atoms with Crippen molar-refractivity contribution in [1.82, 2.24) is 30.0 Å². The lowest BCUT2D eigenvalue weighted by molar-refractivity contribution is -0.137. The number of nitrogens with one attached hydrogen (secondary N) is 1. The maximum atomic E-state index is 12.6. The Morgan fingerprint density at radius 1 is 1.00 bits per heavy atom. The fraction of sp³-hybridized carbons (Fsp3) is 0.739. The molecule has 3 fully saturated rings. The highest BCUT2D eigenvalue weighted by Crippen LogP contribution is 2.26. The van der Waals surface area contributed by atoms with Gasteiger partial charge in [-0.3, -0.25) is 14.7 Å². The van der Waals surface area contributed by atoms with Crippen LogP contribution in [0.4, 0.5) is 5.95 Å². The van der Waals surface area contributed by atoms with Gasteiger partial charge in [-0.25, -0.2) is 9.97 Å². The molecular weight excluding hydrogens is 531 g/mol. The predicted molar refractivity (Wildman–Crippen MR) is 142 cm³/mol. The van der Waals surface area contributed by atoms with E-state index in [1.54, 1.807) is 12.4 Å². The fourth-order valence-electron chi connectivity index (χ4n) is 4.92. The third-order valence-corrected chi connectivity index (χ3v) is 6.82. The second kappa shape index (κ2) is 13.3. The van der Waals surface area contributed by atoms with Gasteiger partial charge in [-0.2, -0.15) is 0 Å². The van der Waals surface area contributed by atoms with Crippen LogP contribution in [-0.4, -0.2) is 109 Å². The summed E-state index contributed by atoms with van der Waals surface area (Å²) in [5, 5.41) is 3.45. The summed E-state index contributed by atoms with van der Waals surface area (Å²) in [5.74, 6) is 2.49. The second-order valence-electron chi connectivity index (χ2n) is 8.91. The van der Waals surface area contributed by atoms with Crippen LogP contribution in [-0.2, 0) is 4.79 Å². The zero-order chi connectivity index (χ0) is 22.2. The van der Waals surface area contributed by atoms with Gasteiger partial charge in [0.25, 0.3) is 0 Å². The Bertz CT molecular complexity index is 742. The molecule has 2 saturated heterocycles. The van der Waals surface area contributed by atoms with E-state index in [4.69, 9.17) is 4.99 Å². The van der Waals surface area contributed by atoms with Crippen LogP contribution >= 0.6 is 24.0 Å². The Balaban J connectivity index is 0.00000306. The number of amides is 1. The number of guanidine groups is 1. The van der Waals surface area contributed by atoms with Gasteiger partial charge in [0.05, 0.1) is 6.54 Å². The number of carbonyl (C=O) groups excluding carboxylic acids is 1. The summed E-state index contributed by atoms with van der Waals surface area (Å²) in [6.07, 6.45) is 8.21. The molecule has 184 valence electrons. The SMILES string of the molecule is CCNC(=NCCN1CCN(C(=O)C2CCCC2)CC1)N1CCN(c2ncccn2)CC1.I. The van der Waals surface area contributed by atoms with Gasteiger partial charge in [0.15, 0.2) is 5.96 Å². The van der Waals surface area contributed by atoms with Crippen molar-refractivity contribution in [2.45, 2.75) is 32.6 Å². The third-order valence-electron chi connectivity index (χ3n) is 6.82. The van der Waals surface area contributed by atoms with Crippen molar-refractivity contribution in [3.63, 3.8) is 0 Å². The summed E-state index contributed by atoms with van der Waals surface area (Å²) in [7, 11) is 0. The minimum Gasteiger partial charge on any atom is -0.357 e. The van der Waals surface area contributed by atoms with Gasteiger partial charge in [0.2, 0.25) is 11.9 Å². The van der Waals surface area contributed by atoms with E-state index in [0.29, 0.717) is 11.8 Å². The Hall–Kier alpha value is -1.69. The minimum absolute atomic E-state index is 0. The number of hydrogen-bond acceptors (Lipinski definition) is 6. The van der Waals surface area contributed by atoms with E-state index in [1.807, 2.05) is 6.07 Å². The summed E-state index contributed by atoms with van der Waals surface area (Å²) < 4.78 is 0. The quantitative estimate of drug-likeness (QED) is 0.316. The average molecular weight is 571 g/mol. The van der Waals surface area contributed by atoms with Crippen LogP contribution in [0, 0.1) is 5.92 Å². The number of hydrogen-bond donors (Lipinski definition) is 1.